The van der Waals surface area contributed by atoms with Crippen LogP contribution in [0.25, 0.3) is 10.9 Å². The lowest BCUT2D eigenvalue weighted by Crippen LogP contribution is -2.33. The van der Waals surface area contributed by atoms with Crippen molar-refractivity contribution in [2.75, 3.05) is 18.5 Å². The van der Waals surface area contributed by atoms with E-state index in [1.54, 1.807) is 0 Å². The van der Waals surface area contributed by atoms with Crippen LogP contribution >= 0.6 is 0 Å². The van der Waals surface area contributed by atoms with E-state index in [1.165, 1.54) is 4.73 Å². The van der Waals surface area contributed by atoms with Gasteiger partial charge in [-0.05, 0) is 43.4 Å². The second-order valence-corrected chi connectivity index (χ2v) is 5.78. The van der Waals surface area contributed by atoms with E-state index in [0.717, 1.165) is 59.1 Å². The summed E-state index contributed by atoms with van der Waals surface area (Å²) in [5.41, 5.74) is 4.21. The Morgan fingerprint density at radius 3 is 2.95 bits per heavy atom. The van der Waals surface area contributed by atoms with Gasteiger partial charge in [-0.3, -0.25) is 4.79 Å². The number of hydrogen-bond donors (Lipinski definition) is 2. The highest BCUT2D eigenvalue weighted by molar-refractivity contribution is 5.96. The maximum absolute atomic E-state index is 12.8. The molecule has 0 radical (unpaired) electrons. The van der Waals surface area contributed by atoms with E-state index in [0.29, 0.717) is 6.61 Å². The third-order valence-electron chi connectivity index (χ3n) is 4.10. The Labute approximate surface area is 129 Å². The largest absolute Gasteiger partial charge is 0.410 e. The Morgan fingerprint density at radius 1 is 1.41 bits per heavy atom. The molecule has 0 atom stereocenters. The first-order chi connectivity index (χ1) is 10.7. The first-order valence-corrected chi connectivity index (χ1v) is 7.86. The summed E-state index contributed by atoms with van der Waals surface area (Å²) in [4.78, 5) is 18.5. The number of nitrogens with zero attached hydrogens (tertiary/aromatic N) is 1. The standard InChI is InChI=1S/C17H22N2O3/c1-3-7-22-19-14-9-12(10-20)8-11(2)15(14)16-13(17(19)21)5-4-6-18-16/h8-9,18,20H,3-7,10H2,1-2H3. The lowest BCUT2D eigenvalue weighted by atomic mass is 9.97. The van der Waals surface area contributed by atoms with Gasteiger partial charge in [-0.25, -0.2) is 0 Å². The van der Waals surface area contributed by atoms with Crippen LogP contribution in [-0.2, 0) is 13.0 Å². The minimum Gasteiger partial charge on any atom is -0.410 e. The van der Waals surface area contributed by atoms with E-state index in [-0.39, 0.29) is 12.2 Å². The third-order valence-corrected chi connectivity index (χ3v) is 4.10. The molecular weight excluding hydrogens is 280 g/mol. The fraction of sp³-hybridized carbons (Fsp3) is 0.471. The predicted molar refractivity (Wildman–Crippen MR) is 87.4 cm³/mol. The van der Waals surface area contributed by atoms with Crippen molar-refractivity contribution in [2.45, 2.75) is 39.7 Å². The molecule has 2 aromatic rings. The molecule has 1 aromatic carbocycles. The normalized spacial score (nSPS) is 13.8. The number of aryl methyl sites for hydroxylation is 1. The predicted octanol–water partition coefficient (Wildman–Crippen LogP) is 2.00. The molecule has 2 heterocycles. The van der Waals surface area contributed by atoms with E-state index >= 15 is 0 Å². The summed E-state index contributed by atoms with van der Waals surface area (Å²) < 4.78 is 1.41. The number of benzene rings is 1. The molecule has 1 aliphatic rings. The first kappa shape index (κ1) is 14.9. The summed E-state index contributed by atoms with van der Waals surface area (Å²) >= 11 is 0. The first-order valence-electron chi connectivity index (χ1n) is 7.86. The summed E-state index contributed by atoms with van der Waals surface area (Å²) in [5, 5.41) is 13.8. The second-order valence-electron chi connectivity index (χ2n) is 5.78. The van der Waals surface area contributed by atoms with Gasteiger partial charge in [-0.2, -0.15) is 0 Å². The summed E-state index contributed by atoms with van der Waals surface area (Å²) in [7, 11) is 0. The second kappa shape index (κ2) is 6.01. The molecule has 0 saturated carbocycles. The van der Waals surface area contributed by atoms with E-state index in [1.807, 2.05) is 26.0 Å². The van der Waals surface area contributed by atoms with Crippen molar-refractivity contribution in [3.8, 4) is 0 Å². The average Bonchev–Trinajstić information content (AvgIpc) is 2.54. The number of anilines is 1. The van der Waals surface area contributed by atoms with Crippen molar-refractivity contribution in [3.05, 3.63) is 39.2 Å². The molecule has 0 amide bonds. The number of fused-ring (bicyclic) bond motifs is 3. The van der Waals surface area contributed by atoms with Gasteiger partial charge in [-0.15, -0.1) is 4.73 Å². The van der Waals surface area contributed by atoms with Crippen molar-refractivity contribution in [3.63, 3.8) is 0 Å². The van der Waals surface area contributed by atoms with Crippen LogP contribution in [0.3, 0.4) is 0 Å². The lowest BCUT2D eigenvalue weighted by molar-refractivity contribution is 0.112. The minimum absolute atomic E-state index is 0.0523. The van der Waals surface area contributed by atoms with Gasteiger partial charge in [0.2, 0.25) is 0 Å². The third kappa shape index (κ3) is 2.35. The monoisotopic (exact) mass is 302 g/mol. The summed E-state index contributed by atoms with van der Waals surface area (Å²) in [6, 6.07) is 3.81. The highest BCUT2D eigenvalue weighted by Crippen LogP contribution is 2.31. The van der Waals surface area contributed by atoms with Gasteiger partial charge in [0.15, 0.2) is 0 Å². The van der Waals surface area contributed by atoms with Crippen molar-refractivity contribution in [1.82, 2.24) is 4.73 Å². The fourth-order valence-corrected chi connectivity index (χ4v) is 3.12. The average molecular weight is 302 g/mol. The molecule has 5 nitrogen and oxygen atoms in total. The molecule has 0 bridgehead atoms. The number of aliphatic hydroxyl groups is 1. The zero-order valence-corrected chi connectivity index (χ0v) is 13.1. The molecule has 118 valence electrons. The van der Waals surface area contributed by atoms with Gasteiger partial charge < -0.3 is 15.3 Å². The number of aromatic nitrogens is 1. The van der Waals surface area contributed by atoms with Crippen molar-refractivity contribution >= 4 is 16.6 Å². The van der Waals surface area contributed by atoms with Crippen molar-refractivity contribution in [2.24, 2.45) is 0 Å². The Balaban J connectivity index is 2.37. The maximum Gasteiger partial charge on any atom is 0.288 e. The Kier molecular flexibility index (Phi) is 4.07. The van der Waals surface area contributed by atoms with Crippen LogP contribution in [0, 0.1) is 6.92 Å². The molecule has 0 fully saturated rings. The highest BCUT2D eigenvalue weighted by Gasteiger charge is 2.21. The highest BCUT2D eigenvalue weighted by atomic mass is 16.7. The maximum atomic E-state index is 12.8. The summed E-state index contributed by atoms with van der Waals surface area (Å²) in [5.74, 6) is 0. The van der Waals surface area contributed by atoms with E-state index in [9.17, 15) is 9.90 Å². The van der Waals surface area contributed by atoms with Gasteiger partial charge in [-0.1, -0.05) is 13.0 Å². The Morgan fingerprint density at radius 2 is 2.23 bits per heavy atom. The fourth-order valence-electron chi connectivity index (χ4n) is 3.12. The molecule has 0 unspecified atom stereocenters. The van der Waals surface area contributed by atoms with Gasteiger partial charge >= 0.3 is 0 Å². The molecule has 2 N–H and O–H groups in total. The number of aliphatic hydroxyl groups excluding tert-OH is 1. The molecule has 22 heavy (non-hydrogen) atoms. The van der Waals surface area contributed by atoms with Crippen LogP contribution in [0.2, 0.25) is 0 Å². The van der Waals surface area contributed by atoms with Gasteiger partial charge in [0.25, 0.3) is 5.56 Å². The van der Waals surface area contributed by atoms with Gasteiger partial charge in [0.05, 0.1) is 17.8 Å². The number of nitrogens with one attached hydrogen (secondary N) is 1. The minimum atomic E-state index is -0.0855. The molecule has 0 spiro atoms. The van der Waals surface area contributed by atoms with Crippen LogP contribution in [0.15, 0.2) is 16.9 Å². The topological polar surface area (TPSA) is 63.5 Å². The van der Waals surface area contributed by atoms with Crippen molar-refractivity contribution in [1.29, 1.82) is 0 Å². The molecule has 3 rings (SSSR count). The van der Waals surface area contributed by atoms with Crippen molar-refractivity contribution < 1.29 is 9.94 Å². The summed E-state index contributed by atoms with van der Waals surface area (Å²) in [6.07, 6.45) is 2.56. The molecule has 5 heteroatoms. The van der Waals surface area contributed by atoms with Crippen LogP contribution in [0.1, 0.15) is 36.5 Å². The van der Waals surface area contributed by atoms with Gasteiger partial charge in [0, 0.05) is 17.5 Å². The van der Waals surface area contributed by atoms with Crippen LogP contribution in [0.4, 0.5) is 5.69 Å². The quantitative estimate of drug-likeness (QED) is 0.907. The molecule has 0 saturated heterocycles. The number of pyridine rings is 1. The summed E-state index contributed by atoms with van der Waals surface area (Å²) in [6.45, 7) is 5.33. The van der Waals surface area contributed by atoms with E-state index in [2.05, 4.69) is 5.32 Å². The van der Waals surface area contributed by atoms with Crippen LogP contribution < -0.4 is 15.7 Å². The Hall–Kier alpha value is -2.01. The number of rotatable bonds is 4. The molecule has 1 aliphatic heterocycles. The molecule has 0 aliphatic carbocycles. The van der Waals surface area contributed by atoms with E-state index < -0.39 is 0 Å². The molecular formula is C17H22N2O3. The molecule has 1 aromatic heterocycles. The van der Waals surface area contributed by atoms with Gasteiger partial charge in [0.1, 0.15) is 6.61 Å². The number of hydrogen-bond acceptors (Lipinski definition) is 4. The lowest BCUT2D eigenvalue weighted by Gasteiger charge is -2.23. The van der Waals surface area contributed by atoms with Crippen LogP contribution in [-0.4, -0.2) is 23.0 Å². The zero-order valence-electron chi connectivity index (χ0n) is 13.1. The smallest absolute Gasteiger partial charge is 0.288 e. The Bertz CT molecular complexity index is 765. The SMILES string of the molecule is CCCOn1c(=O)c2c(c3c(C)cc(CO)cc31)NCCC2. The zero-order chi connectivity index (χ0) is 15.7. The van der Waals surface area contributed by atoms with E-state index in [4.69, 9.17) is 4.84 Å². The van der Waals surface area contributed by atoms with Crippen LogP contribution in [0.5, 0.6) is 0 Å².